The maximum absolute atomic E-state index is 13.0. The van der Waals surface area contributed by atoms with E-state index in [2.05, 4.69) is 5.32 Å². The maximum atomic E-state index is 13.0. The van der Waals surface area contributed by atoms with Crippen LogP contribution in [0.2, 0.25) is 0 Å². The molecule has 2 aliphatic heterocycles. The lowest BCUT2D eigenvalue weighted by atomic mass is 9.91. The smallest absolute Gasteiger partial charge is 0.325 e. The second-order valence-electron chi connectivity index (χ2n) is 6.37. The number of rotatable bonds is 4. The van der Waals surface area contributed by atoms with Crippen molar-refractivity contribution in [1.82, 2.24) is 10.2 Å². The monoisotopic (exact) mass is 354 g/mol. The predicted octanol–water partition coefficient (Wildman–Crippen LogP) is 2.39. The molecule has 1 N–H and O–H groups in total. The summed E-state index contributed by atoms with van der Waals surface area (Å²) in [7, 11) is 1.57. The van der Waals surface area contributed by atoms with Gasteiger partial charge in [0, 0.05) is 0 Å². The van der Waals surface area contributed by atoms with Gasteiger partial charge in [0.05, 0.1) is 13.7 Å². The van der Waals surface area contributed by atoms with Crippen LogP contribution >= 0.6 is 0 Å². The van der Waals surface area contributed by atoms with Crippen LogP contribution in [0, 0.1) is 0 Å². The Kier molecular flexibility index (Phi) is 3.72. The highest BCUT2D eigenvalue weighted by Crippen LogP contribution is 2.38. The van der Waals surface area contributed by atoms with Crippen molar-refractivity contribution in [3.8, 4) is 17.2 Å². The topological polar surface area (TPSA) is 77.1 Å². The van der Waals surface area contributed by atoms with Crippen LogP contribution in [0.4, 0.5) is 4.79 Å². The first-order chi connectivity index (χ1) is 12.5. The van der Waals surface area contributed by atoms with E-state index in [0.29, 0.717) is 22.8 Å². The Bertz CT molecular complexity index is 897. The zero-order valence-corrected chi connectivity index (χ0v) is 14.4. The number of methoxy groups -OCH3 is 1. The van der Waals surface area contributed by atoms with Gasteiger partial charge >= 0.3 is 6.03 Å². The molecule has 4 rings (SSSR count). The first kappa shape index (κ1) is 16.3. The first-order valence-corrected chi connectivity index (χ1v) is 8.18. The van der Waals surface area contributed by atoms with Crippen molar-refractivity contribution >= 4 is 11.9 Å². The molecular formula is C19H18N2O5. The number of urea groups is 1. The lowest BCUT2D eigenvalue weighted by Gasteiger charge is -2.22. The van der Waals surface area contributed by atoms with Gasteiger partial charge in [-0.1, -0.05) is 18.2 Å². The van der Waals surface area contributed by atoms with E-state index in [0.717, 1.165) is 5.56 Å². The van der Waals surface area contributed by atoms with Gasteiger partial charge < -0.3 is 19.5 Å². The molecule has 26 heavy (non-hydrogen) atoms. The summed E-state index contributed by atoms with van der Waals surface area (Å²) in [5, 5.41) is 2.80. The van der Waals surface area contributed by atoms with E-state index in [1.54, 1.807) is 38.3 Å². The predicted molar refractivity (Wildman–Crippen MR) is 92.0 cm³/mol. The Morgan fingerprint density at radius 2 is 1.96 bits per heavy atom. The highest BCUT2D eigenvalue weighted by Gasteiger charge is 2.49. The quantitative estimate of drug-likeness (QED) is 0.853. The summed E-state index contributed by atoms with van der Waals surface area (Å²) in [4.78, 5) is 26.7. The molecule has 2 aliphatic rings. The van der Waals surface area contributed by atoms with Crippen molar-refractivity contribution in [3.05, 3.63) is 53.6 Å². The molecule has 2 aromatic rings. The number of fused-ring (bicyclic) bond motifs is 1. The first-order valence-electron chi connectivity index (χ1n) is 8.18. The number of hydrogen-bond acceptors (Lipinski definition) is 5. The summed E-state index contributed by atoms with van der Waals surface area (Å²) in [5.74, 6) is 1.55. The van der Waals surface area contributed by atoms with Crippen LogP contribution in [-0.2, 0) is 16.9 Å². The third-order valence-corrected chi connectivity index (χ3v) is 4.70. The minimum atomic E-state index is -1.16. The van der Waals surface area contributed by atoms with Crippen molar-refractivity contribution in [2.45, 2.75) is 19.0 Å². The summed E-state index contributed by atoms with van der Waals surface area (Å²) >= 11 is 0. The summed E-state index contributed by atoms with van der Waals surface area (Å²) in [6.07, 6.45) is 0. The average Bonchev–Trinajstić information content (AvgIpc) is 3.20. The fraction of sp³-hybridized carbons (Fsp3) is 0.263. The molecule has 1 fully saturated rings. The van der Waals surface area contributed by atoms with Gasteiger partial charge in [-0.3, -0.25) is 9.69 Å². The highest BCUT2D eigenvalue weighted by atomic mass is 16.7. The highest BCUT2D eigenvalue weighted by molar-refractivity contribution is 6.07. The molecule has 7 heteroatoms. The largest absolute Gasteiger partial charge is 0.497 e. The SMILES string of the molecule is COc1cccc(CN2C(=O)N[C@](C)(c3ccc4c(c3)OCO4)C2=O)c1. The number of nitrogens with zero attached hydrogens (tertiary/aromatic N) is 1. The number of nitrogens with one attached hydrogen (secondary N) is 1. The molecule has 1 atom stereocenters. The minimum absolute atomic E-state index is 0.151. The summed E-state index contributed by atoms with van der Waals surface area (Å²) in [6.45, 7) is 2.01. The molecule has 0 spiro atoms. The van der Waals surface area contributed by atoms with E-state index < -0.39 is 11.6 Å². The fourth-order valence-electron chi connectivity index (χ4n) is 3.20. The molecule has 134 valence electrons. The van der Waals surface area contributed by atoms with Crippen LogP contribution in [0.3, 0.4) is 0 Å². The molecule has 0 unspecified atom stereocenters. The van der Waals surface area contributed by atoms with Gasteiger partial charge in [-0.15, -0.1) is 0 Å². The summed E-state index contributed by atoms with van der Waals surface area (Å²) in [5.41, 5.74) is 0.299. The molecule has 0 radical (unpaired) electrons. The van der Waals surface area contributed by atoms with Gasteiger partial charge in [0.15, 0.2) is 11.5 Å². The number of hydrogen-bond donors (Lipinski definition) is 1. The third kappa shape index (κ3) is 2.52. The number of benzene rings is 2. The van der Waals surface area contributed by atoms with Crippen molar-refractivity contribution in [2.75, 3.05) is 13.9 Å². The van der Waals surface area contributed by atoms with Crippen molar-refractivity contribution in [1.29, 1.82) is 0 Å². The molecule has 0 saturated carbocycles. The standard InChI is InChI=1S/C19H18N2O5/c1-19(13-6-7-15-16(9-13)26-11-25-15)17(22)21(18(23)20-19)10-12-4-3-5-14(8-12)24-2/h3-9H,10-11H2,1-2H3,(H,20,23)/t19-/m1/s1. The molecule has 7 nitrogen and oxygen atoms in total. The Balaban J connectivity index is 1.62. The molecular weight excluding hydrogens is 336 g/mol. The Morgan fingerprint density at radius 1 is 1.15 bits per heavy atom. The zero-order valence-electron chi connectivity index (χ0n) is 14.4. The van der Waals surface area contributed by atoms with Crippen LogP contribution in [0.1, 0.15) is 18.1 Å². The zero-order chi connectivity index (χ0) is 18.3. The molecule has 1 saturated heterocycles. The van der Waals surface area contributed by atoms with Gasteiger partial charge in [-0.25, -0.2) is 4.79 Å². The van der Waals surface area contributed by atoms with Gasteiger partial charge in [-0.05, 0) is 42.3 Å². The second kappa shape index (κ2) is 5.94. The Morgan fingerprint density at radius 3 is 2.77 bits per heavy atom. The molecule has 2 aromatic carbocycles. The second-order valence-corrected chi connectivity index (χ2v) is 6.37. The number of imide groups is 1. The van der Waals surface area contributed by atoms with E-state index in [1.807, 2.05) is 18.2 Å². The van der Waals surface area contributed by atoms with Gasteiger partial charge in [0.1, 0.15) is 11.3 Å². The Labute approximate surface area is 150 Å². The van der Waals surface area contributed by atoms with Crippen molar-refractivity contribution < 1.29 is 23.8 Å². The Hall–Kier alpha value is -3.22. The average molecular weight is 354 g/mol. The number of carbonyl (C=O) groups excluding carboxylic acids is 2. The van der Waals surface area contributed by atoms with Crippen LogP contribution in [0.15, 0.2) is 42.5 Å². The molecule has 0 aliphatic carbocycles. The fourth-order valence-corrected chi connectivity index (χ4v) is 3.20. The lowest BCUT2D eigenvalue weighted by molar-refractivity contribution is -0.131. The van der Waals surface area contributed by atoms with Crippen LogP contribution < -0.4 is 19.5 Å². The van der Waals surface area contributed by atoms with E-state index >= 15 is 0 Å². The van der Waals surface area contributed by atoms with Crippen molar-refractivity contribution in [2.24, 2.45) is 0 Å². The summed E-state index contributed by atoms with van der Waals surface area (Å²) in [6, 6.07) is 12.1. The van der Waals surface area contributed by atoms with Crippen LogP contribution in [-0.4, -0.2) is 30.7 Å². The third-order valence-electron chi connectivity index (χ3n) is 4.70. The van der Waals surface area contributed by atoms with E-state index in [1.165, 1.54) is 4.90 Å². The normalized spacial score (nSPS) is 21.1. The minimum Gasteiger partial charge on any atom is -0.497 e. The molecule has 2 heterocycles. The van der Waals surface area contributed by atoms with Crippen molar-refractivity contribution in [3.63, 3.8) is 0 Å². The number of amides is 3. The molecule has 0 aromatic heterocycles. The van der Waals surface area contributed by atoms with Crippen LogP contribution in [0.25, 0.3) is 0 Å². The van der Waals surface area contributed by atoms with Gasteiger partial charge in [-0.2, -0.15) is 0 Å². The number of carbonyl (C=O) groups is 2. The van der Waals surface area contributed by atoms with E-state index in [-0.39, 0.29) is 19.2 Å². The number of ether oxygens (including phenoxy) is 3. The van der Waals surface area contributed by atoms with Crippen LogP contribution in [0.5, 0.6) is 17.2 Å². The van der Waals surface area contributed by atoms with E-state index in [4.69, 9.17) is 14.2 Å². The summed E-state index contributed by atoms with van der Waals surface area (Å²) < 4.78 is 15.9. The van der Waals surface area contributed by atoms with E-state index in [9.17, 15) is 9.59 Å². The van der Waals surface area contributed by atoms with Gasteiger partial charge in [0.2, 0.25) is 6.79 Å². The maximum Gasteiger partial charge on any atom is 0.325 e. The molecule has 3 amide bonds. The molecule has 0 bridgehead atoms. The van der Waals surface area contributed by atoms with Gasteiger partial charge in [0.25, 0.3) is 5.91 Å². The lowest BCUT2D eigenvalue weighted by Crippen LogP contribution is -2.40.